The van der Waals surface area contributed by atoms with Crippen LogP contribution >= 0.6 is 0 Å². The van der Waals surface area contributed by atoms with Gasteiger partial charge in [-0.3, -0.25) is 4.79 Å². The first-order valence-corrected chi connectivity index (χ1v) is 6.01. The molecule has 0 spiro atoms. The minimum atomic E-state index is -0.259. The molecule has 0 bridgehead atoms. The van der Waals surface area contributed by atoms with Gasteiger partial charge in [-0.05, 0) is 24.5 Å². The normalized spacial score (nSPS) is 12.3. The van der Waals surface area contributed by atoms with E-state index in [1.54, 1.807) is 19.2 Å². The van der Waals surface area contributed by atoms with Crippen molar-refractivity contribution in [3.63, 3.8) is 0 Å². The lowest BCUT2D eigenvalue weighted by molar-refractivity contribution is 0.0957. The molecular weight excluding hydrogens is 232 g/mol. The van der Waals surface area contributed by atoms with Crippen molar-refractivity contribution in [3.05, 3.63) is 17.8 Å². The molecule has 0 aliphatic rings. The molecule has 18 heavy (non-hydrogen) atoms. The second-order valence-electron chi connectivity index (χ2n) is 4.39. The van der Waals surface area contributed by atoms with E-state index in [2.05, 4.69) is 34.7 Å². The van der Waals surface area contributed by atoms with Crippen molar-refractivity contribution in [1.29, 1.82) is 0 Å². The van der Waals surface area contributed by atoms with Crippen LogP contribution in [0.3, 0.4) is 0 Å². The van der Waals surface area contributed by atoms with Gasteiger partial charge in [-0.15, -0.1) is 10.2 Å². The molecule has 0 aliphatic carbocycles. The van der Waals surface area contributed by atoms with Crippen molar-refractivity contribution in [2.24, 2.45) is 5.92 Å². The average Bonchev–Trinajstić information content (AvgIpc) is 2.38. The van der Waals surface area contributed by atoms with Crippen molar-refractivity contribution < 1.29 is 9.90 Å². The summed E-state index contributed by atoms with van der Waals surface area (Å²) in [6, 6.07) is 3.46. The summed E-state index contributed by atoms with van der Waals surface area (Å²) in [7, 11) is 1.55. The van der Waals surface area contributed by atoms with Crippen molar-refractivity contribution >= 4 is 11.7 Å². The number of hydrogen-bond donors (Lipinski definition) is 3. The first-order chi connectivity index (χ1) is 8.58. The maximum absolute atomic E-state index is 11.3. The lowest BCUT2D eigenvalue weighted by Crippen LogP contribution is -2.27. The van der Waals surface area contributed by atoms with Gasteiger partial charge in [0.2, 0.25) is 0 Å². The zero-order chi connectivity index (χ0) is 13.5. The van der Waals surface area contributed by atoms with Crippen LogP contribution in [0.15, 0.2) is 12.1 Å². The fourth-order valence-electron chi connectivity index (χ4n) is 1.56. The Morgan fingerprint density at radius 3 is 2.56 bits per heavy atom. The summed E-state index contributed by atoms with van der Waals surface area (Å²) in [6.45, 7) is 4.26. The van der Waals surface area contributed by atoms with E-state index in [0.29, 0.717) is 18.2 Å². The molecule has 1 rings (SSSR count). The van der Waals surface area contributed by atoms with Gasteiger partial charge in [-0.25, -0.2) is 0 Å². The lowest BCUT2D eigenvalue weighted by atomic mass is 10.0. The van der Waals surface area contributed by atoms with Crippen LogP contribution in [0.4, 0.5) is 5.82 Å². The molecule has 1 aromatic heterocycles. The Kier molecular flexibility index (Phi) is 5.51. The number of amides is 1. The molecule has 1 amide bonds. The van der Waals surface area contributed by atoms with E-state index in [0.717, 1.165) is 0 Å². The highest BCUT2D eigenvalue weighted by Gasteiger charge is 2.13. The van der Waals surface area contributed by atoms with Crippen LogP contribution in [0.5, 0.6) is 0 Å². The third kappa shape index (κ3) is 3.96. The number of nitrogens with zero attached hydrogens (tertiary/aromatic N) is 2. The summed E-state index contributed by atoms with van der Waals surface area (Å²) in [5, 5.41) is 22.5. The Morgan fingerprint density at radius 2 is 2.11 bits per heavy atom. The van der Waals surface area contributed by atoms with E-state index in [1.165, 1.54) is 0 Å². The average molecular weight is 252 g/mol. The van der Waals surface area contributed by atoms with E-state index in [1.807, 2.05) is 0 Å². The number of carbonyl (C=O) groups is 1. The zero-order valence-corrected chi connectivity index (χ0v) is 11.0. The highest BCUT2D eigenvalue weighted by Crippen LogP contribution is 2.12. The van der Waals surface area contributed by atoms with Gasteiger partial charge in [0.15, 0.2) is 5.69 Å². The summed E-state index contributed by atoms with van der Waals surface area (Å²) < 4.78 is 0. The van der Waals surface area contributed by atoms with Gasteiger partial charge in [0.1, 0.15) is 5.82 Å². The molecule has 1 aromatic rings. The van der Waals surface area contributed by atoms with Crippen molar-refractivity contribution in [1.82, 2.24) is 15.5 Å². The van der Waals surface area contributed by atoms with Crippen LogP contribution in [0.1, 0.15) is 30.8 Å². The van der Waals surface area contributed by atoms with Gasteiger partial charge < -0.3 is 15.7 Å². The SMILES string of the molecule is CNC(=O)c1ccc(NC(CCO)C(C)C)nn1. The summed E-state index contributed by atoms with van der Waals surface area (Å²) in [6.07, 6.45) is 0.649. The summed E-state index contributed by atoms with van der Waals surface area (Å²) in [4.78, 5) is 11.3. The van der Waals surface area contributed by atoms with E-state index < -0.39 is 0 Å². The van der Waals surface area contributed by atoms with E-state index in [9.17, 15) is 4.79 Å². The molecule has 3 N–H and O–H groups in total. The van der Waals surface area contributed by atoms with Crippen LogP contribution in [-0.2, 0) is 0 Å². The first-order valence-electron chi connectivity index (χ1n) is 6.01. The number of aliphatic hydroxyl groups excluding tert-OH is 1. The molecular formula is C12H20N4O2. The number of anilines is 1. The number of nitrogens with one attached hydrogen (secondary N) is 2. The minimum absolute atomic E-state index is 0.125. The molecule has 0 aromatic carbocycles. The van der Waals surface area contributed by atoms with Crippen molar-refractivity contribution in [2.45, 2.75) is 26.3 Å². The number of carbonyl (C=O) groups excluding carboxylic acids is 1. The Hall–Kier alpha value is -1.69. The Morgan fingerprint density at radius 1 is 1.39 bits per heavy atom. The van der Waals surface area contributed by atoms with E-state index in [4.69, 9.17) is 5.11 Å². The van der Waals surface area contributed by atoms with E-state index in [-0.39, 0.29) is 24.2 Å². The van der Waals surface area contributed by atoms with Crippen LogP contribution < -0.4 is 10.6 Å². The summed E-state index contributed by atoms with van der Waals surface area (Å²) >= 11 is 0. The quantitative estimate of drug-likeness (QED) is 0.692. The minimum Gasteiger partial charge on any atom is -0.396 e. The fourth-order valence-corrected chi connectivity index (χ4v) is 1.56. The highest BCUT2D eigenvalue weighted by molar-refractivity contribution is 5.91. The van der Waals surface area contributed by atoms with Crippen molar-refractivity contribution in [2.75, 3.05) is 19.0 Å². The van der Waals surface area contributed by atoms with Crippen LogP contribution in [0.2, 0.25) is 0 Å². The second kappa shape index (κ2) is 6.90. The molecule has 1 atom stereocenters. The lowest BCUT2D eigenvalue weighted by Gasteiger charge is -2.21. The monoisotopic (exact) mass is 252 g/mol. The molecule has 0 fully saturated rings. The summed E-state index contributed by atoms with van der Waals surface area (Å²) in [5.74, 6) is 0.720. The smallest absolute Gasteiger partial charge is 0.271 e. The molecule has 0 saturated heterocycles. The topological polar surface area (TPSA) is 87.1 Å². The molecule has 1 heterocycles. The molecule has 0 saturated carbocycles. The van der Waals surface area contributed by atoms with Gasteiger partial charge >= 0.3 is 0 Å². The predicted octanol–water partition coefficient (Wildman–Crippen LogP) is 0.655. The second-order valence-corrected chi connectivity index (χ2v) is 4.39. The molecule has 6 heteroatoms. The van der Waals surface area contributed by atoms with Gasteiger partial charge in [-0.2, -0.15) is 0 Å². The molecule has 0 radical (unpaired) electrons. The number of rotatable bonds is 6. The Labute approximate surface area is 107 Å². The molecule has 0 aliphatic heterocycles. The van der Waals surface area contributed by atoms with Crippen LogP contribution in [-0.4, -0.2) is 40.9 Å². The third-order valence-electron chi connectivity index (χ3n) is 2.70. The molecule has 100 valence electrons. The maximum atomic E-state index is 11.3. The third-order valence-corrected chi connectivity index (χ3v) is 2.70. The zero-order valence-electron chi connectivity index (χ0n) is 11.0. The fraction of sp³-hybridized carbons (Fsp3) is 0.583. The largest absolute Gasteiger partial charge is 0.396 e. The van der Waals surface area contributed by atoms with Crippen LogP contribution in [0.25, 0.3) is 0 Å². The summed E-state index contributed by atoms with van der Waals surface area (Å²) in [5.41, 5.74) is 0.284. The first kappa shape index (κ1) is 14.4. The Balaban J connectivity index is 2.70. The van der Waals surface area contributed by atoms with Crippen molar-refractivity contribution in [3.8, 4) is 0 Å². The Bertz CT molecular complexity index is 378. The standard InChI is InChI=1S/C12H20N4O2/c1-8(2)9(6-7-17)14-11-5-4-10(15-16-11)12(18)13-3/h4-5,8-9,17H,6-7H2,1-3H3,(H,13,18)(H,14,16). The highest BCUT2D eigenvalue weighted by atomic mass is 16.3. The molecule has 6 nitrogen and oxygen atoms in total. The van der Waals surface area contributed by atoms with Gasteiger partial charge in [0.25, 0.3) is 5.91 Å². The number of hydrogen-bond acceptors (Lipinski definition) is 5. The van der Waals surface area contributed by atoms with Gasteiger partial charge in [0, 0.05) is 19.7 Å². The predicted molar refractivity (Wildman–Crippen MR) is 69.4 cm³/mol. The van der Waals surface area contributed by atoms with Crippen LogP contribution in [0, 0.1) is 5.92 Å². The molecule has 1 unspecified atom stereocenters. The van der Waals surface area contributed by atoms with Gasteiger partial charge in [0.05, 0.1) is 0 Å². The van der Waals surface area contributed by atoms with E-state index >= 15 is 0 Å². The maximum Gasteiger partial charge on any atom is 0.271 e. The number of aromatic nitrogens is 2. The number of aliphatic hydroxyl groups is 1. The van der Waals surface area contributed by atoms with Gasteiger partial charge in [-0.1, -0.05) is 13.8 Å².